The quantitative estimate of drug-likeness (QED) is 0.725. The van der Waals surface area contributed by atoms with Crippen molar-refractivity contribution in [2.45, 2.75) is 25.9 Å². The van der Waals surface area contributed by atoms with Gasteiger partial charge in [-0.2, -0.15) is 4.98 Å². The fourth-order valence-corrected chi connectivity index (χ4v) is 3.32. The molecule has 4 rings (SSSR count). The average Bonchev–Trinajstić information content (AvgIpc) is 3.17. The minimum absolute atomic E-state index is 0.00867. The predicted octanol–water partition coefficient (Wildman–Crippen LogP) is 3.39. The third-order valence-corrected chi connectivity index (χ3v) is 4.71. The van der Waals surface area contributed by atoms with Crippen LogP contribution in [0.1, 0.15) is 30.0 Å². The fraction of sp³-hybridized carbons (Fsp3) is 0.250. The summed E-state index contributed by atoms with van der Waals surface area (Å²) >= 11 is 0. The van der Waals surface area contributed by atoms with Crippen molar-refractivity contribution in [3.05, 3.63) is 65.5 Å². The highest BCUT2D eigenvalue weighted by Gasteiger charge is 2.33. The third-order valence-electron chi connectivity index (χ3n) is 4.71. The van der Waals surface area contributed by atoms with E-state index in [1.165, 1.54) is 5.56 Å². The number of aromatic nitrogens is 2. The SMILES string of the molecule is COc1cccc(-c2noc(C3Cc4ccccc4CN3C(C)=O)n2)c1. The Morgan fingerprint density at radius 2 is 2.00 bits per heavy atom. The zero-order valence-electron chi connectivity index (χ0n) is 14.7. The highest BCUT2D eigenvalue weighted by Crippen LogP contribution is 2.33. The Kier molecular flexibility index (Phi) is 4.16. The Bertz CT molecular complexity index is 951. The molecule has 0 saturated carbocycles. The zero-order valence-corrected chi connectivity index (χ0v) is 14.7. The van der Waals surface area contributed by atoms with Crippen molar-refractivity contribution in [1.29, 1.82) is 0 Å². The van der Waals surface area contributed by atoms with Gasteiger partial charge in [-0.1, -0.05) is 41.6 Å². The Hall–Kier alpha value is -3.15. The molecule has 0 aliphatic carbocycles. The maximum Gasteiger partial charge on any atom is 0.250 e. The van der Waals surface area contributed by atoms with Gasteiger partial charge in [-0.15, -0.1) is 0 Å². The molecule has 1 aliphatic rings. The van der Waals surface area contributed by atoms with Crippen LogP contribution in [0.15, 0.2) is 53.1 Å². The van der Waals surface area contributed by atoms with Crippen LogP contribution >= 0.6 is 0 Å². The minimum atomic E-state index is -0.255. The van der Waals surface area contributed by atoms with Crippen LogP contribution in [0.3, 0.4) is 0 Å². The summed E-state index contributed by atoms with van der Waals surface area (Å²) in [5.74, 6) is 1.66. The molecule has 1 unspecified atom stereocenters. The number of methoxy groups -OCH3 is 1. The van der Waals surface area contributed by atoms with Crippen molar-refractivity contribution in [2.24, 2.45) is 0 Å². The Morgan fingerprint density at radius 3 is 2.77 bits per heavy atom. The van der Waals surface area contributed by atoms with E-state index in [1.54, 1.807) is 18.9 Å². The van der Waals surface area contributed by atoms with E-state index in [9.17, 15) is 4.79 Å². The lowest BCUT2D eigenvalue weighted by Crippen LogP contribution is -2.37. The summed E-state index contributed by atoms with van der Waals surface area (Å²) < 4.78 is 10.8. The van der Waals surface area contributed by atoms with Crippen molar-refractivity contribution >= 4 is 5.91 Å². The molecule has 0 saturated heterocycles. The van der Waals surface area contributed by atoms with Crippen LogP contribution in [0.5, 0.6) is 5.75 Å². The molecule has 2 aromatic carbocycles. The monoisotopic (exact) mass is 349 g/mol. The van der Waals surface area contributed by atoms with Gasteiger partial charge in [0.2, 0.25) is 17.6 Å². The third kappa shape index (κ3) is 2.94. The predicted molar refractivity (Wildman–Crippen MR) is 95.4 cm³/mol. The molecular formula is C20H19N3O3. The summed E-state index contributed by atoms with van der Waals surface area (Å²) in [6, 6.07) is 15.4. The first kappa shape index (κ1) is 16.3. The van der Waals surface area contributed by atoms with Gasteiger partial charge in [-0.05, 0) is 23.3 Å². The average molecular weight is 349 g/mol. The number of fused-ring (bicyclic) bond motifs is 1. The molecule has 1 amide bonds. The van der Waals surface area contributed by atoms with E-state index >= 15 is 0 Å². The van der Waals surface area contributed by atoms with E-state index in [2.05, 4.69) is 22.3 Å². The van der Waals surface area contributed by atoms with Gasteiger partial charge in [0.1, 0.15) is 11.8 Å². The number of rotatable bonds is 3. The highest BCUT2D eigenvalue weighted by molar-refractivity contribution is 5.74. The van der Waals surface area contributed by atoms with Crippen molar-refractivity contribution in [1.82, 2.24) is 15.0 Å². The summed E-state index contributed by atoms with van der Waals surface area (Å²) in [5.41, 5.74) is 3.17. The number of hydrogen-bond donors (Lipinski definition) is 0. The van der Waals surface area contributed by atoms with Crippen molar-refractivity contribution < 1.29 is 14.1 Å². The summed E-state index contributed by atoms with van der Waals surface area (Å²) in [5, 5.41) is 4.11. The Morgan fingerprint density at radius 1 is 1.19 bits per heavy atom. The van der Waals surface area contributed by atoms with Gasteiger partial charge in [-0.3, -0.25) is 4.79 Å². The first-order valence-corrected chi connectivity index (χ1v) is 8.47. The van der Waals surface area contributed by atoms with Crippen LogP contribution in [0, 0.1) is 0 Å². The van der Waals surface area contributed by atoms with Gasteiger partial charge in [-0.25, -0.2) is 0 Å². The zero-order chi connectivity index (χ0) is 18.1. The molecule has 0 radical (unpaired) electrons. The molecule has 1 aromatic heterocycles. The van der Waals surface area contributed by atoms with Gasteiger partial charge < -0.3 is 14.2 Å². The number of carbonyl (C=O) groups is 1. The molecule has 2 heterocycles. The Labute approximate surface area is 151 Å². The molecule has 0 bridgehead atoms. The van der Waals surface area contributed by atoms with E-state index in [0.717, 1.165) is 16.9 Å². The number of benzene rings is 2. The lowest BCUT2D eigenvalue weighted by atomic mass is 9.94. The van der Waals surface area contributed by atoms with Crippen molar-refractivity contribution in [2.75, 3.05) is 7.11 Å². The molecule has 6 heteroatoms. The lowest BCUT2D eigenvalue weighted by Gasteiger charge is -2.34. The highest BCUT2D eigenvalue weighted by atomic mass is 16.5. The number of hydrogen-bond acceptors (Lipinski definition) is 5. The molecule has 0 N–H and O–H groups in total. The Balaban J connectivity index is 1.68. The topological polar surface area (TPSA) is 68.5 Å². The van der Waals surface area contributed by atoms with Crippen LogP contribution in [-0.2, 0) is 17.8 Å². The first-order chi connectivity index (χ1) is 12.7. The summed E-state index contributed by atoms with van der Waals surface area (Å²) in [6.07, 6.45) is 0.662. The van der Waals surface area contributed by atoms with E-state index in [-0.39, 0.29) is 11.9 Å². The minimum Gasteiger partial charge on any atom is -0.497 e. The van der Waals surface area contributed by atoms with Crippen molar-refractivity contribution in [3.8, 4) is 17.1 Å². The van der Waals surface area contributed by atoms with Crippen LogP contribution in [0.4, 0.5) is 0 Å². The smallest absolute Gasteiger partial charge is 0.250 e. The summed E-state index contributed by atoms with van der Waals surface area (Å²) in [7, 11) is 1.62. The molecule has 6 nitrogen and oxygen atoms in total. The summed E-state index contributed by atoms with van der Waals surface area (Å²) in [6.45, 7) is 2.12. The second kappa shape index (κ2) is 6.63. The van der Waals surface area contributed by atoms with E-state index in [0.29, 0.717) is 24.7 Å². The second-order valence-corrected chi connectivity index (χ2v) is 6.32. The first-order valence-electron chi connectivity index (χ1n) is 8.47. The maximum absolute atomic E-state index is 12.2. The standard InChI is InChI=1S/C20H19N3O3/c1-13(24)23-12-16-7-4-3-6-14(16)11-18(23)20-21-19(22-26-20)15-8-5-9-17(10-15)25-2/h3-10,18H,11-12H2,1-2H3. The largest absolute Gasteiger partial charge is 0.497 e. The normalized spacial score (nSPS) is 16.2. The number of ether oxygens (including phenoxy) is 1. The van der Waals surface area contributed by atoms with Gasteiger partial charge in [0.15, 0.2) is 0 Å². The van der Waals surface area contributed by atoms with Gasteiger partial charge in [0, 0.05) is 25.5 Å². The molecule has 0 spiro atoms. The van der Waals surface area contributed by atoms with E-state index < -0.39 is 0 Å². The lowest BCUT2D eigenvalue weighted by molar-refractivity contribution is -0.133. The van der Waals surface area contributed by atoms with Crippen LogP contribution in [0.25, 0.3) is 11.4 Å². The van der Waals surface area contributed by atoms with E-state index in [1.807, 2.05) is 36.4 Å². The molecule has 0 fully saturated rings. The van der Waals surface area contributed by atoms with Crippen molar-refractivity contribution in [3.63, 3.8) is 0 Å². The molecule has 26 heavy (non-hydrogen) atoms. The van der Waals surface area contributed by atoms with Gasteiger partial charge in [0.25, 0.3) is 0 Å². The maximum atomic E-state index is 12.2. The van der Waals surface area contributed by atoms with Gasteiger partial charge in [0.05, 0.1) is 7.11 Å². The number of carbonyl (C=O) groups excluding carboxylic acids is 1. The molecule has 1 aliphatic heterocycles. The number of nitrogens with zero attached hydrogens (tertiary/aromatic N) is 3. The van der Waals surface area contributed by atoms with E-state index in [4.69, 9.17) is 9.26 Å². The molecule has 1 atom stereocenters. The molecule has 3 aromatic rings. The second-order valence-electron chi connectivity index (χ2n) is 6.32. The summed E-state index contributed by atoms with van der Waals surface area (Å²) in [4.78, 5) is 18.5. The van der Waals surface area contributed by atoms with Gasteiger partial charge >= 0.3 is 0 Å². The molecular weight excluding hydrogens is 330 g/mol. The van der Waals surface area contributed by atoms with Crippen LogP contribution < -0.4 is 4.74 Å². The van der Waals surface area contributed by atoms with Crippen LogP contribution in [0.2, 0.25) is 0 Å². The molecule has 132 valence electrons. The number of amides is 1. The fourth-order valence-electron chi connectivity index (χ4n) is 3.32. The van der Waals surface area contributed by atoms with Crippen LogP contribution in [-0.4, -0.2) is 28.1 Å².